The van der Waals surface area contributed by atoms with Gasteiger partial charge in [-0.05, 0) is 18.9 Å². The van der Waals surface area contributed by atoms with E-state index in [2.05, 4.69) is 19.2 Å². The van der Waals surface area contributed by atoms with Gasteiger partial charge in [-0.1, -0.05) is 32.0 Å². The molecule has 90 valence electrons. The number of aliphatic hydroxyl groups excluding tert-OH is 1. The highest BCUT2D eigenvalue weighted by Gasteiger charge is 2.17. The van der Waals surface area contributed by atoms with Crippen LogP contribution < -0.4 is 5.32 Å². The van der Waals surface area contributed by atoms with Crippen molar-refractivity contribution in [1.82, 2.24) is 5.32 Å². The van der Waals surface area contributed by atoms with Crippen molar-refractivity contribution < 1.29 is 9.50 Å². The molecule has 0 fully saturated rings. The van der Waals surface area contributed by atoms with Gasteiger partial charge in [-0.2, -0.15) is 0 Å². The first kappa shape index (κ1) is 13.1. The van der Waals surface area contributed by atoms with E-state index in [0.717, 1.165) is 0 Å². The summed E-state index contributed by atoms with van der Waals surface area (Å²) in [6, 6.07) is 6.45. The molecule has 0 saturated carbocycles. The molecule has 0 aliphatic carbocycles. The van der Waals surface area contributed by atoms with E-state index >= 15 is 0 Å². The average molecular weight is 225 g/mol. The summed E-state index contributed by atoms with van der Waals surface area (Å²) in [7, 11) is 0. The Morgan fingerprint density at radius 2 is 1.88 bits per heavy atom. The molecule has 2 N–H and O–H groups in total. The summed E-state index contributed by atoms with van der Waals surface area (Å²) < 4.78 is 13.5. The van der Waals surface area contributed by atoms with Gasteiger partial charge in [0, 0.05) is 11.6 Å². The van der Waals surface area contributed by atoms with Crippen molar-refractivity contribution >= 4 is 0 Å². The van der Waals surface area contributed by atoms with Gasteiger partial charge in [0.15, 0.2) is 0 Å². The molecule has 1 aromatic rings. The lowest BCUT2D eigenvalue weighted by atomic mass is 10.0. The van der Waals surface area contributed by atoms with Gasteiger partial charge < -0.3 is 10.4 Å². The Kier molecular flexibility index (Phi) is 4.90. The van der Waals surface area contributed by atoms with Crippen LogP contribution in [0.25, 0.3) is 0 Å². The first-order valence-corrected chi connectivity index (χ1v) is 5.67. The molecular formula is C13H20FNO. The van der Waals surface area contributed by atoms with E-state index in [4.69, 9.17) is 0 Å². The fourth-order valence-electron chi connectivity index (χ4n) is 1.51. The molecule has 2 atom stereocenters. The number of hydrogen-bond acceptors (Lipinski definition) is 2. The number of nitrogens with one attached hydrogen (secondary N) is 1. The van der Waals surface area contributed by atoms with Crippen molar-refractivity contribution in [3.63, 3.8) is 0 Å². The zero-order chi connectivity index (χ0) is 12.1. The Morgan fingerprint density at radius 3 is 2.38 bits per heavy atom. The molecule has 1 rings (SSSR count). The summed E-state index contributed by atoms with van der Waals surface area (Å²) in [5.74, 6) is 0.172. The second kappa shape index (κ2) is 5.97. The molecule has 0 heterocycles. The molecule has 3 heteroatoms. The smallest absolute Gasteiger partial charge is 0.128 e. The summed E-state index contributed by atoms with van der Waals surface area (Å²) in [5.41, 5.74) is 0.525. The highest BCUT2D eigenvalue weighted by atomic mass is 19.1. The van der Waals surface area contributed by atoms with E-state index in [1.807, 2.05) is 6.92 Å². The lowest BCUT2D eigenvalue weighted by Crippen LogP contribution is -2.36. The summed E-state index contributed by atoms with van der Waals surface area (Å²) in [6.07, 6.45) is 0. The van der Waals surface area contributed by atoms with Gasteiger partial charge in [-0.25, -0.2) is 4.39 Å². The molecule has 2 unspecified atom stereocenters. The third kappa shape index (κ3) is 3.29. The molecule has 0 aliphatic heterocycles. The second-order valence-electron chi connectivity index (χ2n) is 4.46. The van der Waals surface area contributed by atoms with Crippen molar-refractivity contribution in [2.75, 3.05) is 6.61 Å². The fourth-order valence-corrected chi connectivity index (χ4v) is 1.51. The minimum Gasteiger partial charge on any atom is -0.394 e. The minimum absolute atomic E-state index is 0.0992. The number of rotatable bonds is 5. The van der Waals surface area contributed by atoms with E-state index in [-0.39, 0.29) is 24.5 Å². The molecule has 0 bridgehead atoms. The number of benzene rings is 1. The summed E-state index contributed by atoms with van der Waals surface area (Å²) in [6.45, 7) is 6.12. The van der Waals surface area contributed by atoms with Gasteiger partial charge in [-0.3, -0.25) is 0 Å². The number of aliphatic hydroxyl groups is 1. The van der Waals surface area contributed by atoms with Crippen molar-refractivity contribution in [3.05, 3.63) is 35.6 Å². The molecule has 0 amide bonds. The van der Waals surface area contributed by atoms with E-state index in [0.29, 0.717) is 11.5 Å². The van der Waals surface area contributed by atoms with E-state index in [9.17, 15) is 9.50 Å². The zero-order valence-corrected chi connectivity index (χ0v) is 10.1. The first-order chi connectivity index (χ1) is 7.56. The Balaban J connectivity index is 2.79. The monoisotopic (exact) mass is 225 g/mol. The van der Waals surface area contributed by atoms with Crippen molar-refractivity contribution in [3.8, 4) is 0 Å². The highest BCUT2D eigenvalue weighted by Crippen LogP contribution is 2.18. The van der Waals surface area contributed by atoms with Crippen LogP contribution in [0, 0.1) is 11.7 Å². The van der Waals surface area contributed by atoms with Gasteiger partial charge >= 0.3 is 0 Å². The third-order valence-electron chi connectivity index (χ3n) is 2.93. The van der Waals surface area contributed by atoms with E-state index in [1.165, 1.54) is 6.07 Å². The summed E-state index contributed by atoms with van der Waals surface area (Å²) in [4.78, 5) is 0. The third-order valence-corrected chi connectivity index (χ3v) is 2.93. The Morgan fingerprint density at radius 1 is 1.25 bits per heavy atom. The van der Waals surface area contributed by atoms with Crippen molar-refractivity contribution in [2.24, 2.45) is 5.92 Å². The van der Waals surface area contributed by atoms with Gasteiger partial charge in [0.2, 0.25) is 0 Å². The Hall–Kier alpha value is -0.930. The van der Waals surface area contributed by atoms with Crippen LogP contribution in [0.2, 0.25) is 0 Å². The lowest BCUT2D eigenvalue weighted by Gasteiger charge is -2.24. The summed E-state index contributed by atoms with van der Waals surface area (Å²) >= 11 is 0. The van der Waals surface area contributed by atoms with Gasteiger partial charge in [-0.15, -0.1) is 0 Å². The molecule has 2 nitrogen and oxygen atoms in total. The van der Waals surface area contributed by atoms with Crippen LogP contribution in [0.15, 0.2) is 24.3 Å². The van der Waals surface area contributed by atoms with Gasteiger partial charge in [0.1, 0.15) is 5.82 Å². The van der Waals surface area contributed by atoms with E-state index in [1.54, 1.807) is 18.2 Å². The molecule has 0 radical (unpaired) electrons. The molecule has 0 spiro atoms. The SMILES string of the molecule is CC(C)C(C)NC(CO)c1ccccc1F. The summed E-state index contributed by atoms with van der Waals surface area (Å²) in [5, 5.41) is 12.5. The minimum atomic E-state index is -0.335. The molecular weight excluding hydrogens is 205 g/mol. The van der Waals surface area contributed by atoms with Crippen LogP contribution in [0.4, 0.5) is 4.39 Å². The molecule has 0 saturated heterocycles. The fraction of sp³-hybridized carbons (Fsp3) is 0.538. The maximum absolute atomic E-state index is 13.5. The zero-order valence-electron chi connectivity index (χ0n) is 10.1. The predicted molar refractivity (Wildman–Crippen MR) is 63.7 cm³/mol. The largest absolute Gasteiger partial charge is 0.394 e. The van der Waals surface area contributed by atoms with Crippen LogP contribution in [0.3, 0.4) is 0 Å². The van der Waals surface area contributed by atoms with Crippen molar-refractivity contribution in [1.29, 1.82) is 0 Å². The maximum Gasteiger partial charge on any atom is 0.128 e. The second-order valence-corrected chi connectivity index (χ2v) is 4.46. The number of hydrogen-bond donors (Lipinski definition) is 2. The molecule has 0 aromatic heterocycles. The van der Waals surface area contributed by atoms with Crippen LogP contribution >= 0.6 is 0 Å². The number of halogens is 1. The first-order valence-electron chi connectivity index (χ1n) is 5.67. The predicted octanol–water partition coefficient (Wildman–Crippen LogP) is 2.49. The Bertz CT molecular complexity index is 327. The molecule has 16 heavy (non-hydrogen) atoms. The Labute approximate surface area is 96.5 Å². The van der Waals surface area contributed by atoms with Gasteiger partial charge in [0.25, 0.3) is 0 Å². The van der Waals surface area contributed by atoms with Crippen LogP contribution in [-0.2, 0) is 0 Å². The standard InChI is InChI=1S/C13H20FNO/c1-9(2)10(3)15-13(8-16)11-6-4-5-7-12(11)14/h4-7,9-10,13,15-16H,8H2,1-3H3. The molecule has 1 aromatic carbocycles. The van der Waals surface area contributed by atoms with Crippen LogP contribution in [0.1, 0.15) is 32.4 Å². The normalized spacial score (nSPS) is 15.1. The van der Waals surface area contributed by atoms with Gasteiger partial charge in [0.05, 0.1) is 12.6 Å². The molecule has 0 aliphatic rings. The van der Waals surface area contributed by atoms with Crippen molar-refractivity contribution in [2.45, 2.75) is 32.9 Å². The highest BCUT2D eigenvalue weighted by molar-refractivity contribution is 5.21. The maximum atomic E-state index is 13.5. The average Bonchev–Trinajstić information content (AvgIpc) is 2.26. The van der Waals surface area contributed by atoms with Crippen LogP contribution in [0.5, 0.6) is 0 Å². The topological polar surface area (TPSA) is 32.3 Å². The van der Waals surface area contributed by atoms with E-state index < -0.39 is 0 Å². The van der Waals surface area contributed by atoms with Crippen LogP contribution in [-0.4, -0.2) is 17.8 Å². The lowest BCUT2D eigenvalue weighted by molar-refractivity contribution is 0.222. The quantitative estimate of drug-likeness (QED) is 0.807.